The lowest BCUT2D eigenvalue weighted by Crippen LogP contribution is -2.20. The number of halogens is 1. The first-order chi connectivity index (χ1) is 12.8. The Bertz CT molecular complexity index is 809. The van der Waals surface area contributed by atoms with Gasteiger partial charge in [-0.3, -0.25) is 0 Å². The summed E-state index contributed by atoms with van der Waals surface area (Å²) in [6.07, 6.45) is 1.87. The molecule has 146 valence electrons. The molecule has 0 spiro atoms. The summed E-state index contributed by atoms with van der Waals surface area (Å²) in [5.74, 6) is 0.371. The Morgan fingerprint density at radius 3 is 2.26 bits per heavy atom. The topological polar surface area (TPSA) is 60.5 Å². The van der Waals surface area contributed by atoms with Crippen LogP contribution in [-0.2, 0) is 4.74 Å². The van der Waals surface area contributed by atoms with Crippen molar-refractivity contribution in [3.05, 3.63) is 45.6 Å². The lowest BCUT2D eigenvalue weighted by atomic mass is 10.1. The first-order valence-corrected chi connectivity index (χ1v) is 9.49. The highest BCUT2D eigenvalue weighted by Gasteiger charge is 2.23. The van der Waals surface area contributed by atoms with E-state index < -0.39 is 5.97 Å². The summed E-state index contributed by atoms with van der Waals surface area (Å²) in [4.78, 5) is 17.0. The van der Waals surface area contributed by atoms with Crippen molar-refractivity contribution < 1.29 is 14.3 Å². The minimum Gasteiger partial charge on any atom is -0.465 e. The molecule has 0 radical (unpaired) electrons. The van der Waals surface area contributed by atoms with Crippen LogP contribution in [0.25, 0.3) is 0 Å². The van der Waals surface area contributed by atoms with Crippen molar-refractivity contribution in [2.75, 3.05) is 12.4 Å². The third kappa shape index (κ3) is 4.92. The van der Waals surface area contributed by atoms with Gasteiger partial charge in [0.15, 0.2) is 0 Å². The molecule has 1 heterocycles. The molecule has 1 aromatic carbocycles. The van der Waals surface area contributed by atoms with Gasteiger partial charge in [-0.15, -0.1) is 0 Å². The van der Waals surface area contributed by atoms with E-state index in [1.165, 1.54) is 7.11 Å². The Morgan fingerprint density at radius 2 is 1.74 bits per heavy atom. The molecule has 0 aliphatic rings. The molecule has 0 saturated heterocycles. The molecule has 2 rings (SSSR count). The number of ether oxygens (including phenoxy) is 2. The number of rotatable bonds is 7. The minimum absolute atomic E-state index is 0.226. The number of esters is 1. The molecule has 0 saturated carbocycles. The summed E-state index contributed by atoms with van der Waals surface area (Å²) in [7, 11) is 1.35. The van der Waals surface area contributed by atoms with Crippen LogP contribution < -0.4 is 10.1 Å². The van der Waals surface area contributed by atoms with Gasteiger partial charge in [-0.1, -0.05) is 25.4 Å². The molecule has 0 amide bonds. The van der Waals surface area contributed by atoms with Gasteiger partial charge in [-0.05, 0) is 62.9 Å². The van der Waals surface area contributed by atoms with Crippen molar-refractivity contribution in [1.29, 1.82) is 0 Å². The molecule has 0 unspecified atom stereocenters. The first-order valence-electron chi connectivity index (χ1n) is 9.11. The average molecular weight is 391 g/mol. The molecule has 0 atom stereocenters. The number of carbonyl (C=O) groups is 1. The molecule has 2 aromatic rings. The fourth-order valence-electron chi connectivity index (χ4n) is 3.00. The van der Waals surface area contributed by atoms with E-state index in [1.807, 2.05) is 39.0 Å². The van der Waals surface area contributed by atoms with Crippen LogP contribution in [0.1, 0.15) is 53.9 Å². The minimum atomic E-state index is -0.491. The zero-order valence-corrected chi connectivity index (χ0v) is 17.5. The largest absolute Gasteiger partial charge is 0.465 e. The van der Waals surface area contributed by atoms with Gasteiger partial charge in [0.05, 0.1) is 12.8 Å². The maximum atomic E-state index is 12.5. The van der Waals surface area contributed by atoms with Crippen molar-refractivity contribution in [2.45, 2.75) is 53.5 Å². The van der Waals surface area contributed by atoms with Gasteiger partial charge < -0.3 is 14.8 Å². The number of anilines is 1. The number of carbonyl (C=O) groups excluding carboxylic acids is 1. The summed E-state index contributed by atoms with van der Waals surface area (Å²) < 4.78 is 11.1. The number of nitrogens with one attached hydrogen (secondary N) is 1. The van der Waals surface area contributed by atoms with Crippen LogP contribution in [-0.4, -0.2) is 24.1 Å². The average Bonchev–Trinajstić information content (AvgIpc) is 2.61. The molecule has 0 bridgehead atoms. The highest BCUT2D eigenvalue weighted by atomic mass is 35.5. The van der Waals surface area contributed by atoms with E-state index in [0.29, 0.717) is 22.0 Å². The second-order valence-electron chi connectivity index (χ2n) is 6.61. The third-order valence-corrected chi connectivity index (χ3v) is 4.69. The van der Waals surface area contributed by atoms with Gasteiger partial charge in [0.2, 0.25) is 5.88 Å². The number of hydrogen-bond acceptors (Lipinski definition) is 5. The molecular formula is C21H27ClN2O3. The van der Waals surface area contributed by atoms with E-state index in [9.17, 15) is 4.79 Å². The molecule has 1 aromatic heterocycles. The maximum Gasteiger partial charge on any atom is 0.345 e. The number of nitrogens with zero attached hydrogens (tertiary/aromatic N) is 1. The molecule has 0 aliphatic carbocycles. The van der Waals surface area contributed by atoms with Crippen LogP contribution in [0, 0.1) is 20.8 Å². The SMILES string of the molecule is CCC(CC)Nc1cc(C)nc(Oc2c(C)cc(Cl)cc2C)c1C(=O)OC. The first kappa shape index (κ1) is 21.0. The van der Waals surface area contributed by atoms with Crippen LogP contribution in [0.5, 0.6) is 11.6 Å². The van der Waals surface area contributed by atoms with Gasteiger partial charge in [0.1, 0.15) is 11.3 Å². The van der Waals surface area contributed by atoms with E-state index in [2.05, 4.69) is 24.1 Å². The number of hydrogen-bond donors (Lipinski definition) is 1. The van der Waals surface area contributed by atoms with E-state index >= 15 is 0 Å². The highest BCUT2D eigenvalue weighted by Crippen LogP contribution is 2.35. The second-order valence-corrected chi connectivity index (χ2v) is 7.05. The Hall–Kier alpha value is -2.27. The Kier molecular flexibility index (Phi) is 7.08. The lowest BCUT2D eigenvalue weighted by molar-refractivity contribution is 0.0598. The highest BCUT2D eigenvalue weighted by molar-refractivity contribution is 6.30. The summed E-state index contributed by atoms with van der Waals surface area (Å²) in [6, 6.07) is 5.72. The molecule has 27 heavy (non-hydrogen) atoms. The number of pyridine rings is 1. The van der Waals surface area contributed by atoms with Crippen molar-refractivity contribution in [3.8, 4) is 11.6 Å². The lowest BCUT2D eigenvalue weighted by Gasteiger charge is -2.21. The predicted octanol–water partition coefficient (Wildman–Crippen LogP) is 5.84. The Morgan fingerprint density at radius 1 is 1.15 bits per heavy atom. The quantitative estimate of drug-likeness (QED) is 0.602. The van der Waals surface area contributed by atoms with Crippen LogP contribution in [0.2, 0.25) is 5.02 Å². The fraction of sp³-hybridized carbons (Fsp3) is 0.429. The number of benzene rings is 1. The molecule has 6 heteroatoms. The number of aryl methyl sites for hydroxylation is 3. The fourth-order valence-corrected chi connectivity index (χ4v) is 3.33. The molecule has 0 aliphatic heterocycles. The molecular weight excluding hydrogens is 364 g/mol. The van der Waals surface area contributed by atoms with Crippen molar-refractivity contribution in [2.24, 2.45) is 0 Å². The Labute approximate surface area is 166 Å². The number of aromatic nitrogens is 1. The monoisotopic (exact) mass is 390 g/mol. The Balaban J connectivity index is 2.58. The predicted molar refractivity (Wildman–Crippen MR) is 109 cm³/mol. The summed E-state index contributed by atoms with van der Waals surface area (Å²) in [5, 5.41) is 4.06. The van der Waals surface area contributed by atoms with Crippen molar-refractivity contribution >= 4 is 23.3 Å². The summed E-state index contributed by atoms with van der Waals surface area (Å²) in [6.45, 7) is 9.89. The van der Waals surface area contributed by atoms with Crippen molar-refractivity contribution in [1.82, 2.24) is 4.98 Å². The standard InChI is InChI=1S/C21H27ClN2O3/c1-7-16(8-2)24-17-11-14(5)23-20(18(17)21(25)26-6)27-19-12(3)9-15(22)10-13(19)4/h9-11,16H,7-8H2,1-6H3,(H,23,24). The smallest absolute Gasteiger partial charge is 0.345 e. The summed E-state index contributed by atoms with van der Waals surface area (Å²) in [5.41, 5.74) is 3.45. The summed E-state index contributed by atoms with van der Waals surface area (Å²) >= 11 is 6.11. The molecule has 0 fully saturated rings. The zero-order valence-electron chi connectivity index (χ0n) is 16.8. The van der Waals surface area contributed by atoms with Gasteiger partial charge in [-0.25, -0.2) is 9.78 Å². The molecule has 1 N–H and O–H groups in total. The maximum absolute atomic E-state index is 12.5. The van der Waals surface area contributed by atoms with Crippen molar-refractivity contribution in [3.63, 3.8) is 0 Å². The van der Waals surface area contributed by atoms with Gasteiger partial charge in [0, 0.05) is 16.8 Å². The van der Waals surface area contributed by atoms with E-state index in [1.54, 1.807) is 0 Å². The second kappa shape index (κ2) is 9.09. The van der Waals surface area contributed by atoms with Crippen LogP contribution >= 0.6 is 11.6 Å². The van der Waals surface area contributed by atoms with Crippen LogP contribution in [0.15, 0.2) is 18.2 Å². The van der Waals surface area contributed by atoms with E-state index in [-0.39, 0.29) is 11.9 Å². The normalized spacial score (nSPS) is 10.8. The molecule has 5 nitrogen and oxygen atoms in total. The van der Waals surface area contributed by atoms with Gasteiger partial charge >= 0.3 is 5.97 Å². The zero-order chi connectivity index (χ0) is 20.1. The van der Waals surface area contributed by atoms with Crippen LogP contribution in [0.4, 0.5) is 5.69 Å². The van der Waals surface area contributed by atoms with E-state index in [0.717, 1.165) is 29.7 Å². The van der Waals surface area contributed by atoms with Crippen LogP contribution in [0.3, 0.4) is 0 Å². The van der Waals surface area contributed by atoms with Gasteiger partial charge in [0.25, 0.3) is 0 Å². The third-order valence-electron chi connectivity index (χ3n) is 4.47. The van der Waals surface area contributed by atoms with Gasteiger partial charge in [-0.2, -0.15) is 0 Å². The number of methoxy groups -OCH3 is 1. The van der Waals surface area contributed by atoms with E-state index in [4.69, 9.17) is 21.1 Å².